The van der Waals surface area contributed by atoms with Gasteiger partial charge >= 0.3 is 0 Å². The van der Waals surface area contributed by atoms with Crippen LogP contribution in [0.3, 0.4) is 0 Å². The molecule has 2 heteroatoms. The van der Waals surface area contributed by atoms with Gasteiger partial charge in [0.25, 0.3) is 0 Å². The largest absolute Gasteiger partial charge is 0.250 e. The van der Waals surface area contributed by atoms with E-state index >= 15 is 0 Å². The van der Waals surface area contributed by atoms with Gasteiger partial charge in [0, 0.05) is 12.4 Å². The Morgan fingerprint density at radius 3 is 2.38 bits per heavy atom. The normalized spacial score (nSPS) is 12.8. The van der Waals surface area contributed by atoms with Crippen LogP contribution in [0.15, 0.2) is 22.3 Å². The predicted octanol–water partition coefficient (Wildman–Crippen LogP) is 1.64. The van der Waals surface area contributed by atoms with E-state index in [1.54, 1.807) is 12.4 Å². The second kappa shape index (κ2) is 6.08. The maximum absolute atomic E-state index is 3.78. The Labute approximate surface area is 49.7 Å². The van der Waals surface area contributed by atoms with Crippen LogP contribution in [0.25, 0.3) is 0 Å². The lowest BCUT2D eigenvalue weighted by molar-refractivity contribution is 1.52. The van der Waals surface area contributed by atoms with Gasteiger partial charge in [-0.15, -0.1) is 0 Å². The van der Waals surface area contributed by atoms with E-state index in [-0.39, 0.29) is 0 Å². The minimum atomic E-state index is 1.50. The first-order valence-electron chi connectivity index (χ1n) is 2.52. The quantitative estimate of drug-likeness (QED) is 0.381. The summed E-state index contributed by atoms with van der Waals surface area (Å²) in [4.78, 5) is 7.52. The molecule has 0 saturated carbocycles. The molecule has 2 nitrogen and oxygen atoms in total. The van der Waals surface area contributed by atoms with Crippen LogP contribution in [0.5, 0.6) is 0 Å². The smallest absolute Gasteiger partial charge is 0.114 e. The highest BCUT2D eigenvalue weighted by atomic mass is 14.8. The lowest BCUT2D eigenvalue weighted by atomic mass is 10.7. The maximum atomic E-state index is 3.78. The van der Waals surface area contributed by atoms with E-state index in [2.05, 4.69) is 9.98 Å². The van der Waals surface area contributed by atoms with E-state index in [0.29, 0.717) is 0 Å². The Kier molecular flexibility index (Phi) is 5.38. The van der Waals surface area contributed by atoms with Crippen LogP contribution in [-0.2, 0) is 0 Å². The van der Waals surface area contributed by atoms with Gasteiger partial charge in [-0.25, -0.2) is 9.98 Å². The fourth-order valence-electron chi connectivity index (χ4n) is 0.230. The molecule has 0 spiro atoms. The van der Waals surface area contributed by atoms with Crippen LogP contribution in [0.4, 0.5) is 0 Å². The Balaban J connectivity index is 3.35. The van der Waals surface area contributed by atoms with Gasteiger partial charge in [-0.1, -0.05) is 6.08 Å². The zero-order chi connectivity index (χ0) is 6.24. The molecule has 0 aliphatic heterocycles. The van der Waals surface area contributed by atoms with Crippen molar-refractivity contribution in [3.63, 3.8) is 0 Å². The molecule has 0 unspecified atom stereocenters. The first kappa shape index (κ1) is 7.08. The van der Waals surface area contributed by atoms with E-state index in [4.69, 9.17) is 0 Å². The summed E-state index contributed by atoms with van der Waals surface area (Å²) in [6.07, 6.45) is 6.72. The Bertz CT molecular complexity index is 97.7. The van der Waals surface area contributed by atoms with Crippen molar-refractivity contribution < 1.29 is 0 Å². The van der Waals surface area contributed by atoms with Crippen molar-refractivity contribution in [2.45, 2.75) is 13.8 Å². The fraction of sp³-hybridized carbons (Fsp3) is 0.333. The highest BCUT2D eigenvalue weighted by Gasteiger charge is 1.55. The highest BCUT2D eigenvalue weighted by molar-refractivity contribution is 5.70. The summed E-state index contributed by atoms with van der Waals surface area (Å²) < 4.78 is 0. The van der Waals surface area contributed by atoms with Gasteiger partial charge in [0.05, 0.1) is 0 Å². The maximum Gasteiger partial charge on any atom is 0.114 e. The van der Waals surface area contributed by atoms with Crippen LogP contribution in [0.1, 0.15) is 13.8 Å². The van der Waals surface area contributed by atoms with Crippen molar-refractivity contribution >= 4 is 12.6 Å². The highest BCUT2D eigenvalue weighted by Crippen LogP contribution is 1.69. The standard InChI is InChI=1S/C6H10N2/c1-3-5-8-6-7-4-2/h3-6H,1-2H3/b5-3-,7-4-,8-6-. The second-order valence-electron chi connectivity index (χ2n) is 1.15. The molecular weight excluding hydrogens is 100 g/mol. The minimum absolute atomic E-state index is 1.50. The van der Waals surface area contributed by atoms with Crippen molar-refractivity contribution in [2.24, 2.45) is 9.98 Å². The van der Waals surface area contributed by atoms with Gasteiger partial charge in [0.2, 0.25) is 0 Å². The van der Waals surface area contributed by atoms with E-state index < -0.39 is 0 Å². The number of aliphatic imine (C=N–C) groups is 2. The molecule has 8 heavy (non-hydrogen) atoms. The summed E-state index contributed by atoms with van der Waals surface area (Å²) in [5.41, 5.74) is 0. The topological polar surface area (TPSA) is 24.7 Å². The molecule has 44 valence electrons. The zero-order valence-electron chi connectivity index (χ0n) is 5.20. The monoisotopic (exact) mass is 110 g/mol. The Morgan fingerprint density at radius 2 is 1.88 bits per heavy atom. The molecule has 0 aliphatic rings. The third-order valence-electron chi connectivity index (χ3n) is 0.518. The molecule has 0 N–H and O–H groups in total. The number of nitrogens with zero attached hydrogens (tertiary/aromatic N) is 2. The number of allylic oxidation sites excluding steroid dienone is 1. The van der Waals surface area contributed by atoms with E-state index in [1.165, 1.54) is 6.34 Å². The molecule has 0 aliphatic carbocycles. The summed E-state index contributed by atoms with van der Waals surface area (Å²) in [5, 5.41) is 0. The third-order valence-corrected chi connectivity index (χ3v) is 0.518. The zero-order valence-corrected chi connectivity index (χ0v) is 5.20. The van der Waals surface area contributed by atoms with Gasteiger partial charge in [-0.05, 0) is 13.8 Å². The number of hydrogen-bond donors (Lipinski definition) is 0. The average molecular weight is 110 g/mol. The summed E-state index contributed by atoms with van der Waals surface area (Å²) in [7, 11) is 0. The van der Waals surface area contributed by atoms with Crippen molar-refractivity contribution in [3.05, 3.63) is 12.3 Å². The van der Waals surface area contributed by atoms with Crippen LogP contribution in [0.2, 0.25) is 0 Å². The summed E-state index contributed by atoms with van der Waals surface area (Å²) in [5.74, 6) is 0. The van der Waals surface area contributed by atoms with Gasteiger partial charge < -0.3 is 0 Å². The van der Waals surface area contributed by atoms with Gasteiger partial charge in [0.15, 0.2) is 0 Å². The molecule has 0 radical (unpaired) electrons. The molecule has 0 aromatic carbocycles. The van der Waals surface area contributed by atoms with Crippen LogP contribution in [-0.4, -0.2) is 12.6 Å². The van der Waals surface area contributed by atoms with Crippen LogP contribution in [0, 0.1) is 0 Å². The number of rotatable bonds is 2. The SMILES string of the molecule is C\C=C/N=C\N=C/C. The van der Waals surface area contributed by atoms with Gasteiger partial charge in [-0.3, -0.25) is 0 Å². The molecule has 0 rings (SSSR count). The number of hydrogen-bond acceptors (Lipinski definition) is 1. The van der Waals surface area contributed by atoms with Gasteiger partial charge in [0.1, 0.15) is 6.34 Å². The molecule has 0 aromatic heterocycles. The van der Waals surface area contributed by atoms with Crippen molar-refractivity contribution in [1.29, 1.82) is 0 Å². The van der Waals surface area contributed by atoms with Crippen molar-refractivity contribution in [1.82, 2.24) is 0 Å². The summed E-state index contributed by atoms with van der Waals surface area (Å²) >= 11 is 0. The fourth-order valence-corrected chi connectivity index (χ4v) is 0.230. The molecule has 0 bridgehead atoms. The lowest BCUT2D eigenvalue weighted by Gasteiger charge is -1.69. The molecule has 0 saturated heterocycles. The molecule has 0 amide bonds. The first-order chi connectivity index (χ1) is 3.91. The molecule has 0 atom stereocenters. The summed E-state index contributed by atoms with van der Waals surface area (Å²) in [6, 6.07) is 0. The lowest BCUT2D eigenvalue weighted by Crippen LogP contribution is -1.62. The van der Waals surface area contributed by atoms with E-state index in [0.717, 1.165) is 0 Å². The van der Waals surface area contributed by atoms with E-state index in [9.17, 15) is 0 Å². The molecule has 0 aromatic rings. The molecule has 0 fully saturated rings. The molecular formula is C6H10N2. The van der Waals surface area contributed by atoms with Crippen LogP contribution >= 0.6 is 0 Å². The Hall–Kier alpha value is -0.920. The minimum Gasteiger partial charge on any atom is -0.250 e. The first-order valence-corrected chi connectivity index (χ1v) is 2.52. The Morgan fingerprint density at radius 1 is 1.12 bits per heavy atom. The molecule has 0 heterocycles. The predicted molar refractivity (Wildman–Crippen MR) is 37.5 cm³/mol. The van der Waals surface area contributed by atoms with Gasteiger partial charge in [-0.2, -0.15) is 0 Å². The van der Waals surface area contributed by atoms with E-state index in [1.807, 2.05) is 19.9 Å². The second-order valence-corrected chi connectivity index (χ2v) is 1.15. The summed E-state index contributed by atoms with van der Waals surface area (Å²) in [6.45, 7) is 3.76. The van der Waals surface area contributed by atoms with Crippen molar-refractivity contribution in [2.75, 3.05) is 0 Å². The third kappa shape index (κ3) is 5.08. The van der Waals surface area contributed by atoms with Crippen molar-refractivity contribution in [3.8, 4) is 0 Å². The van der Waals surface area contributed by atoms with Crippen LogP contribution < -0.4 is 0 Å². The average Bonchev–Trinajstić information content (AvgIpc) is 1.81.